The lowest BCUT2D eigenvalue weighted by Crippen LogP contribution is -1.80. The van der Waals surface area contributed by atoms with Crippen molar-refractivity contribution in [2.45, 2.75) is 33.6 Å². The molecule has 0 heterocycles. The van der Waals surface area contributed by atoms with Crippen LogP contribution in [0.4, 0.5) is 0 Å². The van der Waals surface area contributed by atoms with Crippen molar-refractivity contribution in [3.05, 3.63) is 60.7 Å². The van der Waals surface area contributed by atoms with Crippen molar-refractivity contribution in [3.63, 3.8) is 0 Å². The van der Waals surface area contributed by atoms with Gasteiger partial charge in [-0.25, -0.2) is 0 Å². The Labute approximate surface area is 111 Å². The first-order valence-corrected chi connectivity index (χ1v) is 6.57. The monoisotopic (exact) mass is 244 g/mol. The first kappa shape index (κ1) is 16.2. The molecular formula is C17H24O. The Kier molecular flexibility index (Phi) is 9.38. The number of unbranched alkanes of at least 4 members (excludes halogenated alkanes) is 1. The van der Waals surface area contributed by atoms with Crippen LogP contribution in [0.25, 0.3) is 5.57 Å². The van der Waals surface area contributed by atoms with Crippen LogP contribution in [-0.2, 0) is 0 Å². The lowest BCUT2D eigenvalue weighted by molar-refractivity contribution is 0.474. The SMILES string of the molecule is C=C/C(=C\C=C/CCC)c1ccccc1O.CC. The second-order valence-electron chi connectivity index (χ2n) is 3.56. The quantitative estimate of drug-likeness (QED) is 0.693. The van der Waals surface area contributed by atoms with Crippen molar-refractivity contribution >= 4 is 5.57 Å². The molecule has 0 atom stereocenters. The standard InChI is InChI=1S/C15H18O.C2H6/c1-3-5-6-7-10-13(4-2)14-11-8-9-12-15(14)16;1-2/h4,6-12,16H,2-3,5H2,1H3;1-2H3/b7-6-,13-10+;. The Morgan fingerprint density at radius 1 is 1.28 bits per heavy atom. The Hall–Kier alpha value is -1.76. The smallest absolute Gasteiger partial charge is 0.123 e. The number of allylic oxidation sites excluding steroid dienone is 5. The molecule has 0 aromatic heterocycles. The van der Waals surface area contributed by atoms with Crippen LogP contribution in [0.5, 0.6) is 5.75 Å². The van der Waals surface area contributed by atoms with Gasteiger partial charge in [0, 0.05) is 5.56 Å². The molecule has 1 heteroatoms. The summed E-state index contributed by atoms with van der Waals surface area (Å²) in [5.74, 6) is 0.289. The zero-order valence-corrected chi connectivity index (χ0v) is 11.7. The third-order valence-corrected chi connectivity index (χ3v) is 2.30. The molecule has 1 rings (SSSR count). The summed E-state index contributed by atoms with van der Waals surface area (Å²) in [5, 5.41) is 9.70. The molecule has 1 aromatic carbocycles. The van der Waals surface area contributed by atoms with Crippen LogP contribution >= 0.6 is 0 Å². The lowest BCUT2D eigenvalue weighted by atomic mass is 10.0. The van der Waals surface area contributed by atoms with Gasteiger partial charge in [0.2, 0.25) is 0 Å². The summed E-state index contributed by atoms with van der Waals surface area (Å²) < 4.78 is 0. The van der Waals surface area contributed by atoms with E-state index in [9.17, 15) is 5.11 Å². The number of benzene rings is 1. The normalized spacial score (nSPS) is 10.9. The minimum absolute atomic E-state index is 0.289. The maximum atomic E-state index is 9.70. The largest absolute Gasteiger partial charge is 0.507 e. The van der Waals surface area contributed by atoms with Crippen LogP contribution in [0.3, 0.4) is 0 Å². The Morgan fingerprint density at radius 2 is 1.94 bits per heavy atom. The van der Waals surface area contributed by atoms with Gasteiger partial charge in [-0.05, 0) is 18.1 Å². The van der Waals surface area contributed by atoms with Crippen LogP contribution in [0.1, 0.15) is 39.2 Å². The van der Waals surface area contributed by atoms with Gasteiger partial charge < -0.3 is 5.11 Å². The number of phenolic OH excluding ortho intramolecular Hbond substituents is 1. The molecule has 1 nitrogen and oxygen atoms in total. The van der Waals surface area contributed by atoms with Crippen molar-refractivity contribution < 1.29 is 5.11 Å². The fourth-order valence-corrected chi connectivity index (χ4v) is 1.42. The van der Waals surface area contributed by atoms with Crippen molar-refractivity contribution in [2.75, 3.05) is 0 Å². The van der Waals surface area contributed by atoms with E-state index in [1.165, 1.54) is 0 Å². The molecule has 0 amide bonds. The molecular weight excluding hydrogens is 220 g/mol. The molecule has 0 saturated heterocycles. The second-order valence-corrected chi connectivity index (χ2v) is 3.56. The van der Waals surface area contributed by atoms with Gasteiger partial charge in [0.25, 0.3) is 0 Å². The highest BCUT2D eigenvalue weighted by molar-refractivity contribution is 5.78. The van der Waals surface area contributed by atoms with Crippen molar-refractivity contribution in [2.24, 2.45) is 0 Å². The van der Waals surface area contributed by atoms with E-state index >= 15 is 0 Å². The van der Waals surface area contributed by atoms with Gasteiger partial charge in [-0.1, -0.05) is 76.3 Å². The van der Waals surface area contributed by atoms with Crippen LogP contribution in [0, 0.1) is 0 Å². The van der Waals surface area contributed by atoms with Gasteiger partial charge in [0.1, 0.15) is 5.75 Å². The Morgan fingerprint density at radius 3 is 2.50 bits per heavy atom. The van der Waals surface area contributed by atoms with E-state index in [0.29, 0.717) is 0 Å². The molecule has 0 saturated carbocycles. The summed E-state index contributed by atoms with van der Waals surface area (Å²) in [6, 6.07) is 7.29. The summed E-state index contributed by atoms with van der Waals surface area (Å²) in [6.07, 6.45) is 10.1. The average molecular weight is 244 g/mol. The molecule has 18 heavy (non-hydrogen) atoms. The highest BCUT2D eigenvalue weighted by Gasteiger charge is 2.01. The summed E-state index contributed by atoms with van der Waals surface area (Å²) in [6.45, 7) is 9.91. The number of phenols is 1. The molecule has 98 valence electrons. The molecule has 0 spiro atoms. The van der Waals surface area contributed by atoms with E-state index in [1.807, 2.05) is 44.2 Å². The van der Waals surface area contributed by atoms with Crippen LogP contribution in [-0.4, -0.2) is 5.11 Å². The molecule has 0 aliphatic rings. The van der Waals surface area contributed by atoms with E-state index in [-0.39, 0.29) is 5.75 Å². The Bertz CT molecular complexity index is 400. The third kappa shape index (κ3) is 5.53. The van der Waals surface area contributed by atoms with Crippen molar-refractivity contribution in [3.8, 4) is 5.75 Å². The van der Waals surface area contributed by atoms with Gasteiger partial charge in [-0.3, -0.25) is 0 Å². The van der Waals surface area contributed by atoms with Crippen LogP contribution in [0.2, 0.25) is 0 Å². The predicted molar refractivity (Wildman–Crippen MR) is 81.7 cm³/mol. The van der Waals surface area contributed by atoms with E-state index in [4.69, 9.17) is 0 Å². The topological polar surface area (TPSA) is 20.2 Å². The summed E-state index contributed by atoms with van der Waals surface area (Å²) in [4.78, 5) is 0. The summed E-state index contributed by atoms with van der Waals surface area (Å²) >= 11 is 0. The number of aromatic hydroxyl groups is 1. The summed E-state index contributed by atoms with van der Waals surface area (Å²) in [5.41, 5.74) is 1.75. The number of para-hydroxylation sites is 1. The molecule has 0 bridgehead atoms. The minimum Gasteiger partial charge on any atom is -0.507 e. The van der Waals surface area contributed by atoms with E-state index < -0.39 is 0 Å². The van der Waals surface area contributed by atoms with Gasteiger partial charge in [-0.15, -0.1) is 0 Å². The van der Waals surface area contributed by atoms with Crippen LogP contribution in [0.15, 0.2) is 55.1 Å². The van der Waals surface area contributed by atoms with Gasteiger partial charge in [0.15, 0.2) is 0 Å². The van der Waals surface area contributed by atoms with E-state index in [0.717, 1.165) is 24.0 Å². The fraction of sp³-hybridized carbons (Fsp3) is 0.294. The highest BCUT2D eigenvalue weighted by atomic mass is 16.3. The predicted octanol–water partition coefficient (Wildman–Crippen LogP) is 5.34. The zero-order chi connectivity index (χ0) is 13.8. The zero-order valence-electron chi connectivity index (χ0n) is 11.7. The third-order valence-electron chi connectivity index (χ3n) is 2.30. The highest BCUT2D eigenvalue weighted by Crippen LogP contribution is 2.25. The molecule has 1 aromatic rings. The molecule has 0 aliphatic carbocycles. The molecule has 0 fully saturated rings. The number of rotatable bonds is 5. The summed E-state index contributed by atoms with van der Waals surface area (Å²) in [7, 11) is 0. The molecule has 0 unspecified atom stereocenters. The minimum atomic E-state index is 0.289. The molecule has 1 N–H and O–H groups in total. The maximum absolute atomic E-state index is 9.70. The first-order chi connectivity index (χ1) is 8.79. The number of hydrogen-bond donors (Lipinski definition) is 1. The lowest BCUT2D eigenvalue weighted by Gasteiger charge is -2.03. The van der Waals surface area contributed by atoms with Gasteiger partial charge in [0.05, 0.1) is 0 Å². The van der Waals surface area contributed by atoms with Gasteiger partial charge >= 0.3 is 0 Å². The Balaban J connectivity index is 0.00000137. The van der Waals surface area contributed by atoms with Crippen molar-refractivity contribution in [1.82, 2.24) is 0 Å². The molecule has 0 aliphatic heterocycles. The van der Waals surface area contributed by atoms with E-state index in [2.05, 4.69) is 19.6 Å². The maximum Gasteiger partial charge on any atom is 0.123 e. The second kappa shape index (κ2) is 10.4. The molecule has 0 radical (unpaired) electrons. The first-order valence-electron chi connectivity index (χ1n) is 6.57. The van der Waals surface area contributed by atoms with Crippen LogP contribution < -0.4 is 0 Å². The number of hydrogen-bond acceptors (Lipinski definition) is 1. The van der Waals surface area contributed by atoms with Crippen molar-refractivity contribution in [1.29, 1.82) is 0 Å². The van der Waals surface area contributed by atoms with Gasteiger partial charge in [-0.2, -0.15) is 0 Å². The fourth-order valence-electron chi connectivity index (χ4n) is 1.42. The average Bonchev–Trinajstić information content (AvgIpc) is 2.43. The van der Waals surface area contributed by atoms with E-state index in [1.54, 1.807) is 12.1 Å².